The molecule has 3 rings (SSSR count). The van der Waals surface area contributed by atoms with Crippen LogP contribution < -0.4 is 0 Å². The van der Waals surface area contributed by atoms with Gasteiger partial charge in [-0.2, -0.15) is 26.3 Å². The van der Waals surface area contributed by atoms with Crippen molar-refractivity contribution < 1.29 is 55.6 Å². The summed E-state index contributed by atoms with van der Waals surface area (Å²) in [5.74, 6) is -4.41. The van der Waals surface area contributed by atoms with E-state index in [1.54, 1.807) is 0 Å². The van der Waals surface area contributed by atoms with Crippen molar-refractivity contribution in [3.8, 4) is 0 Å². The van der Waals surface area contributed by atoms with Gasteiger partial charge in [-0.1, -0.05) is 5.21 Å². The van der Waals surface area contributed by atoms with Gasteiger partial charge in [0, 0.05) is 52.4 Å². The molecule has 3 heterocycles. The molecule has 17 heteroatoms. The van der Waals surface area contributed by atoms with Crippen molar-refractivity contribution in [3.05, 3.63) is 11.4 Å². The molecule has 1 unspecified atom stereocenters. The van der Waals surface area contributed by atoms with Crippen LogP contribution in [-0.4, -0.2) is 119 Å². The highest BCUT2D eigenvalue weighted by atomic mass is 19.4. The molecule has 0 aromatic carbocycles. The molecule has 0 bridgehead atoms. The minimum absolute atomic E-state index is 0.357. The third-order valence-electron chi connectivity index (χ3n) is 5.53. The van der Waals surface area contributed by atoms with Gasteiger partial charge in [0.1, 0.15) is 5.69 Å². The van der Waals surface area contributed by atoms with E-state index in [1.165, 1.54) is 18.5 Å². The van der Waals surface area contributed by atoms with Gasteiger partial charge in [-0.15, -0.1) is 5.10 Å². The third-order valence-corrected chi connectivity index (χ3v) is 5.53. The van der Waals surface area contributed by atoms with Gasteiger partial charge in [-0.3, -0.25) is 9.58 Å². The normalized spacial score (nSPS) is 18.6. The van der Waals surface area contributed by atoms with E-state index in [4.69, 9.17) is 29.3 Å². The molecule has 1 fully saturated rings. The van der Waals surface area contributed by atoms with E-state index in [1.807, 2.05) is 11.7 Å². The first-order chi connectivity index (χ1) is 17.5. The molecule has 1 saturated heterocycles. The van der Waals surface area contributed by atoms with Crippen LogP contribution in [0.15, 0.2) is 0 Å². The monoisotopic (exact) mass is 565 g/mol. The van der Waals surface area contributed by atoms with Gasteiger partial charge in [0.25, 0.3) is 0 Å². The third kappa shape index (κ3) is 12.4. The SMILES string of the molecule is CN(C)CCOCC1CN(CC2CCOCC2)Cc2nnn(C)c21.O=C(O)C(F)(F)F.O=C(O)C(F)(F)F. The molecule has 0 spiro atoms. The Kier molecular flexibility index (Phi) is 13.4. The zero-order valence-corrected chi connectivity index (χ0v) is 21.3. The molecule has 0 aliphatic carbocycles. The fourth-order valence-corrected chi connectivity index (χ4v) is 3.73. The van der Waals surface area contributed by atoms with E-state index in [2.05, 4.69) is 34.2 Å². The maximum Gasteiger partial charge on any atom is 0.490 e. The van der Waals surface area contributed by atoms with Crippen LogP contribution in [-0.2, 0) is 32.7 Å². The zero-order valence-electron chi connectivity index (χ0n) is 21.3. The number of nitrogens with zero attached hydrogens (tertiary/aromatic N) is 5. The summed E-state index contributed by atoms with van der Waals surface area (Å²) in [4.78, 5) is 22.5. The number of carboxylic acid groups (broad SMARTS) is 2. The molecule has 2 aliphatic rings. The largest absolute Gasteiger partial charge is 0.490 e. The smallest absolute Gasteiger partial charge is 0.475 e. The number of hydrogen-bond acceptors (Lipinski definition) is 8. The molecular formula is C21H33F6N5O6. The fraction of sp³-hybridized carbons (Fsp3) is 0.810. The number of aliphatic carboxylic acids is 2. The van der Waals surface area contributed by atoms with Crippen LogP contribution in [0.5, 0.6) is 0 Å². The summed E-state index contributed by atoms with van der Waals surface area (Å²) in [6, 6.07) is 0. The van der Waals surface area contributed by atoms with Crippen LogP contribution in [0, 0.1) is 5.92 Å². The Balaban J connectivity index is 0.000000426. The van der Waals surface area contributed by atoms with Crippen LogP contribution in [0.1, 0.15) is 30.1 Å². The molecule has 2 aliphatic heterocycles. The number of rotatable bonds is 7. The standard InChI is InChI=1S/C17H31N5O2.2C2HF3O2/c1-20(2)6-9-24-13-15-11-22(10-14-4-7-23-8-5-14)12-16-17(15)21(3)19-18-16;2*3-2(4,5)1(6)7/h14-15H,4-13H2,1-3H3;2*(H,6,7). The van der Waals surface area contributed by atoms with Crippen LogP contribution in [0.4, 0.5) is 26.3 Å². The lowest BCUT2D eigenvalue weighted by Crippen LogP contribution is -2.40. The van der Waals surface area contributed by atoms with E-state index < -0.39 is 24.3 Å². The molecule has 0 amide bonds. The molecule has 0 radical (unpaired) electrons. The van der Waals surface area contributed by atoms with Crippen molar-refractivity contribution in [2.45, 2.75) is 37.7 Å². The second-order valence-corrected chi connectivity index (χ2v) is 8.98. The predicted octanol–water partition coefficient (Wildman–Crippen LogP) is 1.99. The molecule has 38 heavy (non-hydrogen) atoms. The van der Waals surface area contributed by atoms with Gasteiger partial charge < -0.3 is 24.6 Å². The molecule has 1 aromatic heterocycles. The number of carbonyl (C=O) groups is 2. The van der Waals surface area contributed by atoms with Gasteiger partial charge in [0.2, 0.25) is 0 Å². The maximum absolute atomic E-state index is 10.6. The van der Waals surface area contributed by atoms with Crippen molar-refractivity contribution in [1.29, 1.82) is 0 Å². The zero-order chi connectivity index (χ0) is 29.1. The number of likely N-dealkylation sites (N-methyl/N-ethyl adjacent to an activating group) is 1. The molecule has 0 saturated carbocycles. The van der Waals surface area contributed by atoms with Gasteiger partial charge in [0.15, 0.2) is 0 Å². The van der Waals surface area contributed by atoms with Crippen molar-refractivity contribution in [2.24, 2.45) is 13.0 Å². The molecule has 220 valence electrons. The number of alkyl halides is 6. The Morgan fingerprint density at radius 2 is 1.61 bits per heavy atom. The van der Waals surface area contributed by atoms with Crippen molar-refractivity contribution in [2.75, 3.05) is 60.2 Å². The van der Waals surface area contributed by atoms with Gasteiger partial charge in [-0.05, 0) is 32.9 Å². The lowest BCUT2D eigenvalue weighted by molar-refractivity contribution is -0.193. The Hall–Kier alpha value is -2.50. The van der Waals surface area contributed by atoms with Crippen LogP contribution in [0.25, 0.3) is 0 Å². The molecular weight excluding hydrogens is 532 g/mol. The lowest BCUT2D eigenvalue weighted by Gasteiger charge is -2.35. The summed E-state index contributed by atoms with van der Waals surface area (Å²) in [6.07, 6.45) is -7.82. The second-order valence-electron chi connectivity index (χ2n) is 8.98. The Labute approximate surface area is 215 Å². The number of hydrogen-bond donors (Lipinski definition) is 2. The number of aryl methyl sites for hydroxylation is 1. The average molecular weight is 566 g/mol. The predicted molar refractivity (Wildman–Crippen MR) is 119 cm³/mol. The first kappa shape index (κ1) is 33.5. The number of fused-ring (bicyclic) bond motifs is 1. The number of aromatic nitrogens is 3. The first-order valence-electron chi connectivity index (χ1n) is 11.5. The summed E-state index contributed by atoms with van der Waals surface area (Å²) in [7, 11) is 6.14. The Morgan fingerprint density at radius 3 is 2.08 bits per heavy atom. The minimum Gasteiger partial charge on any atom is -0.475 e. The molecule has 1 aromatic rings. The highest BCUT2D eigenvalue weighted by molar-refractivity contribution is 5.73. The second kappa shape index (κ2) is 15.2. The van der Waals surface area contributed by atoms with Crippen molar-refractivity contribution in [1.82, 2.24) is 24.8 Å². The number of carboxylic acids is 2. The van der Waals surface area contributed by atoms with Crippen molar-refractivity contribution in [3.63, 3.8) is 0 Å². The van der Waals surface area contributed by atoms with E-state index >= 15 is 0 Å². The summed E-state index contributed by atoms with van der Waals surface area (Å²) >= 11 is 0. The minimum atomic E-state index is -5.08. The van der Waals surface area contributed by atoms with Gasteiger partial charge in [-0.25, -0.2) is 9.59 Å². The molecule has 11 nitrogen and oxygen atoms in total. The molecule has 2 N–H and O–H groups in total. The summed E-state index contributed by atoms with van der Waals surface area (Å²) in [5, 5.41) is 22.9. The van der Waals surface area contributed by atoms with E-state index in [0.29, 0.717) is 5.92 Å². The van der Waals surface area contributed by atoms with Crippen LogP contribution in [0.3, 0.4) is 0 Å². The molecule has 1 atom stereocenters. The van der Waals surface area contributed by atoms with Crippen molar-refractivity contribution >= 4 is 11.9 Å². The highest BCUT2D eigenvalue weighted by Gasteiger charge is 2.39. The fourth-order valence-electron chi connectivity index (χ4n) is 3.73. The number of halogens is 6. The first-order valence-corrected chi connectivity index (χ1v) is 11.5. The quantitative estimate of drug-likeness (QED) is 0.374. The average Bonchev–Trinajstić information content (AvgIpc) is 3.17. The van der Waals surface area contributed by atoms with Gasteiger partial charge >= 0.3 is 24.3 Å². The maximum atomic E-state index is 10.6. The summed E-state index contributed by atoms with van der Waals surface area (Å²) in [5.41, 5.74) is 2.38. The Bertz CT molecular complexity index is 850. The lowest BCUT2D eigenvalue weighted by atomic mass is 9.95. The summed E-state index contributed by atoms with van der Waals surface area (Å²) < 4.78 is 76.8. The highest BCUT2D eigenvalue weighted by Crippen LogP contribution is 2.28. The summed E-state index contributed by atoms with van der Waals surface area (Å²) in [6.45, 7) is 7.36. The van der Waals surface area contributed by atoms with Crippen LogP contribution in [0.2, 0.25) is 0 Å². The van der Waals surface area contributed by atoms with Crippen LogP contribution >= 0.6 is 0 Å². The Morgan fingerprint density at radius 1 is 1.08 bits per heavy atom. The van der Waals surface area contributed by atoms with Gasteiger partial charge in [0.05, 0.1) is 18.9 Å². The van der Waals surface area contributed by atoms with E-state index in [9.17, 15) is 26.3 Å². The van der Waals surface area contributed by atoms with E-state index in [0.717, 1.165) is 64.2 Å². The van der Waals surface area contributed by atoms with E-state index in [-0.39, 0.29) is 0 Å². The number of ether oxygens (including phenoxy) is 2. The topological polar surface area (TPSA) is 130 Å².